The molecular weight excluding hydrogens is 371 g/mol. The quantitative estimate of drug-likeness (QED) is 0.566. The van der Waals surface area contributed by atoms with Crippen molar-refractivity contribution in [2.45, 2.75) is 13.1 Å². The number of piperazine rings is 1. The maximum absolute atomic E-state index is 13.4. The van der Waals surface area contributed by atoms with Gasteiger partial charge in [-0.1, -0.05) is 66.2 Å². The van der Waals surface area contributed by atoms with E-state index in [1.54, 1.807) is 12.1 Å². The van der Waals surface area contributed by atoms with E-state index in [2.05, 4.69) is 40.1 Å². The molecule has 144 valence electrons. The van der Waals surface area contributed by atoms with E-state index in [4.69, 9.17) is 11.6 Å². The smallest absolute Gasteiger partial charge is 0.123 e. The van der Waals surface area contributed by atoms with Crippen molar-refractivity contribution >= 4 is 11.6 Å². The monoisotopic (exact) mass is 394 g/mol. The number of benzene rings is 3. The van der Waals surface area contributed by atoms with Gasteiger partial charge in [-0.05, 0) is 40.5 Å². The Balaban J connectivity index is 1.31. The lowest BCUT2D eigenvalue weighted by molar-refractivity contribution is 0.122. The topological polar surface area (TPSA) is 6.48 Å². The van der Waals surface area contributed by atoms with Crippen LogP contribution in [0, 0.1) is 5.82 Å². The zero-order valence-corrected chi connectivity index (χ0v) is 16.6. The summed E-state index contributed by atoms with van der Waals surface area (Å²) in [6.45, 7) is 6.06. The largest absolute Gasteiger partial charge is 0.297 e. The molecule has 0 amide bonds. The Morgan fingerprint density at radius 3 is 2.07 bits per heavy atom. The molecule has 1 fully saturated rings. The van der Waals surface area contributed by atoms with Crippen LogP contribution < -0.4 is 0 Å². The first kappa shape index (κ1) is 19.1. The lowest BCUT2D eigenvalue weighted by Crippen LogP contribution is -2.45. The molecular formula is C24H24ClFN2. The number of halogens is 2. The number of hydrogen-bond acceptors (Lipinski definition) is 2. The van der Waals surface area contributed by atoms with Crippen molar-refractivity contribution in [2.24, 2.45) is 0 Å². The molecule has 1 aliphatic rings. The first-order valence-electron chi connectivity index (χ1n) is 9.70. The Kier molecular flexibility index (Phi) is 6.06. The minimum Gasteiger partial charge on any atom is -0.297 e. The molecule has 28 heavy (non-hydrogen) atoms. The van der Waals surface area contributed by atoms with Gasteiger partial charge in [-0.3, -0.25) is 9.80 Å². The Labute approximate surface area is 171 Å². The Morgan fingerprint density at radius 2 is 1.39 bits per heavy atom. The van der Waals surface area contributed by atoms with Gasteiger partial charge in [-0.25, -0.2) is 4.39 Å². The molecule has 0 spiro atoms. The molecule has 0 saturated carbocycles. The van der Waals surface area contributed by atoms with Crippen molar-refractivity contribution in [2.75, 3.05) is 26.2 Å². The summed E-state index contributed by atoms with van der Waals surface area (Å²) in [5.41, 5.74) is 4.46. The lowest BCUT2D eigenvalue weighted by Gasteiger charge is -2.35. The molecule has 3 aromatic carbocycles. The average Bonchev–Trinajstić information content (AvgIpc) is 2.72. The predicted molar refractivity (Wildman–Crippen MR) is 114 cm³/mol. The highest BCUT2D eigenvalue weighted by molar-refractivity contribution is 6.31. The van der Waals surface area contributed by atoms with Gasteiger partial charge in [0.25, 0.3) is 0 Å². The Bertz CT molecular complexity index is 918. The van der Waals surface area contributed by atoms with Gasteiger partial charge in [0.05, 0.1) is 0 Å². The highest BCUT2D eigenvalue weighted by atomic mass is 35.5. The molecule has 1 saturated heterocycles. The summed E-state index contributed by atoms with van der Waals surface area (Å²) in [7, 11) is 0. The highest BCUT2D eigenvalue weighted by Gasteiger charge is 2.17. The molecule has 0 unspecified atom stereocenters. The van der Waals surface area contributed by atoms with Crippen molar-refractivity contribution in [3.63, 3.8) is 0 Å². The second kappa shape index (κ2) is 8.87. The maximum atomic E-state index is 13.4. The minimum atomic E-state index is -0.198. The van der Waals surface area contributed by atoms with Gasteiger partial charge in [0.1, 0.15) is 5.82 Å². The molecule has 0 aromatic heterocycles. The van der Waals surface area contributed by atoms with Gasteiger partial charge in [0.15, 0.2) is 0 Å². The maximum Gasteiger partial charge on any atom is 0.123 e. The number of hydrogen-bond donors (Lipinski definition) is 0. The van der Waals surface area contributed by atoms with E-state index >= 15 is 0 Å². The van der Waals surface area contributed by atoms with Crippen LogP contribution in [0.15, 0.2) is 72.8 Å². The van der Waals surface area contributed by atoms with E-state index in [0.717, 1.165) is 55.4 Å². The predicted octanol–water partition coefficient (Wildman–Crippen LogP) is 5.46. The van der Waals surface area contributed by atoms with E-state index < -0.39 is 0 Å². The van der Waals surface area contributed by atoms with Crippen LogP contribution in [0.5, 0.6) is 0 Å². The third kappa shape index (κ3) is 4.79. The molecule has 0 atom stereocenters. The second-order valence-electron chi connectivity index (χ2n) is 7.35. The third-order valence-electron chi connectivity index (χ3n) is 5.33. The molecule has 1 aliphatic heterocycles. The summed E-state index contributed by atoms with van der Waals surface area (Å²) < 4.78 is 13.4. The SMILES string of the molecule is Fc1cccc(-c2ccc(CN3CCN(Cc4ccccc4Cl)CC3)cc2)c1. The lowest BCUT2D eigenvalue weighted by atomic mass is 10.0. The van der Waals surface area contributed by atoms with Crippen LogP contribution in [0.25, 0.3) is 11.1 Å². The van der Waals surface area contributed by atoms with Crippen molar-refractivity contribution in [3.05, 3.63) is 94.8 Å². The average molecular weight is 395 g/mol. The third-order valence-corrected chi connectivity index (χ3v) is 5.70. The molecule has 0 bridgehead atoms. The fraction of sp³-hybridized carbons (Fsp3) is 0.250. The van der Waals surface area contributed by atoms with E-state index in [1.807, 2.05) is 24.3 Å². The first-order valence-corrected chi connectivity index (χ1v) is 10.1. The summed E-state index contributed by atoms with van der Waals surface area (Å²) >= 11 is 6.29. The van der Waals surface area contributed by atoms with Crippen LogP contribution in [0.2, 0.25) is 5.02 Å². The number of nitrogens with zero attached hydrogens (tertiary/aromatic N) is 2. The molecule has 0 N–H and O–H groups in total. The molecule has 0 radical (unpaired) electrons. The summed E-state index contributed by atoms with van der Waals surface area (Å²) in [5, 5.41) is 0.850. The van der Waals surface area contributed by atoms with Crippen LogP contribution in [0.3, 0.4) is 0 Å². The van der Waals surface area contributed by atoms with Gasteiger partial charge >= 0.3 is 0 Å². The molecule has 1 heterocycles. The van der Waals surface area contributed by atoms with Crippen LogP contribution >= 0.6 is 11.6 Å². The fourth-order valence-electron chi connectivity index (χ4n) is 3.70. The number of rotatable bonds is 5. The molecule has 4 rings (SSSR count). The van der Waals surface area contributed by atoms with Crippen LogP contribution in [0.4, 0.5) is 4.39 Å². The van der Waals surface area contributed by atoms with Gasteiger partial charge < -0.3 is 0 Å². The van der Waals surface area contributed by atoms with Gasteiger partial charge in [0.2, 0.25) is 0 Å². The van der Waals surface area contributed by atoms with Crippen LogP contribution in [0.1, 0.15) is 11.1 Å². The van der Waals surface area contributed by atoms with E-state index in [-0.39, 0.29) is 5.82 Å². The molecule has 2 nitrogen and oxygen atoms in total. The summed E-state index contributed by atoms with van der Waals surface area (Å²) in [4.78, 5) is 4.95. The molecule has 3 aromatic rings. The van der Waals surface area contributed by atoms with Crippen LogP contribution in [-0.4, -0.2) is 36.0 Å². The molecule has 0 aliphatic carbocycles. The van der Waals surface area contributed by atoms with Crippen molar-refractivity contribution in [1.82, 2.24) is 9.80 Å². The zero-order valence-electron chi connectivity index (χ0n) is 15.8. The zero-order chi connectivity index (χ0) is 19.3. The first-order chi connectivity index (χ1) is 13.7. The Hall–Kier alpha value is -2.20. The van der Waals surface area contributed by atoms with Crippen molar-refractivity contribution < 1.29 is 4.39 Å². The van der Waals surface area contributed by atoms with Crippen molar-refractivity contribution in [1.29, 1.82) is 0 Å². The standard InChI is InChI=1S/C24H24ClFN2/c25-24-7-2-1-4-22(24)18-28-14-12-27(13-15-28)17-19-8-10-20(11-9-19)21-5-3-6-23(26)16-21/h1-11,16H,12-15,17-18H2. The van der Waals surface area contributed by atoms with Gasteiger partial charge in [-0.15, -0.1) is 0 Å². The van der Waals surface area contributed by atoms with Gasteiger partial charge in [-0.2, -0.15) is 0 Å². The van der Waals surface area contributed by atoms with E-state index in [9.17, 15) is 4.39 Å². The summed E-state index contributed by atoms with van der Waals surface area (Å²) in [6.07, 6.45) is 0. The van der Waals surface area contributed by atoms with Gasteiger partial charge in [0, 0.05) is 44.3 Å². The van der Waals surface area contributed by atoms with E-state index in [1.165, 1.54) is 17.2 Å². The normalized spacial score (nSPS) is 15.6. The summed E-state index contributed by atoms with van der Waals surface area (Å²) in [5.74, 6) is -0.198. The summed E-state index contributed by atoms with van der Waals surface area (Å²) in [6, 6.07) is 23.3. The Morgan fingerprint density at radius 1 is 0.714 bits per heavy atom. The molecule has 4 heteroatoms. The highest BCUT2D eigenvalue weighted by Crippen LogP contribution is 2.22. The van der Waals surface area contributed by atoms with Crippen molar-refractivity contribution in [3.8, 4) is 11.1 Å². The minimum absolute atomic E-state index is 0.198. The second-order valence-corrected chi connectivity index (χ2v) is 7.76. The van der Waals surface area contributed by atoms with E-state index in [0.29, 0.717) is 0 Å². The van der Waals surface area contributed by atoms with Crippen LogP contribution in [-0.2, 0) is 13.1 Å². The fourth-order valence-corrected chi connectivity index (χ4v) is 3.90.